The molecule has 0 saturated carbocycles. The monoisotopic (exact) mass is 398 g/mol. The Morgan fingerprint density at radius 1 is 1.00 bits per heavy atom. The molecule has 0 fully saturated rings. The van der Waals surface area contributed by atoms with Crippen molar-refractivity contribution in [2.75, 3.05) is 12.0 Å². The first-order valence-corrected chi connectivity index (χ1v) is 11.1. The number of thioether (sulfide) groups is 1. The van der Waals surface area contributed by atoms with E-state index in [0.29, 0.717) is 12.0 Å². The molecule has 2 amide bonds. The van der Waals surface area contributed by atoms with E-state index in [1.165, 1.54) is 5.56 Å². The molecule has 28 heavy (non-hydrogen) atoms. The lowest BCUT2D eigenvalue weighted by atomic mass is 10.1. The van der Waals surface area contributed by atoms with Gasteiger partial charge in [-0.15, -0.1) is 0 Å². The lowest BCUT2D eigenvalue weighted by Gasteiger charge is -2.21. The van der Waals surface area contributed by atoms with Crippen LogP contribution in [0.3, 0.4) is 0 Å². The molecule has 0 aliphatic rings. The largest absolute Gasteiger partial charge is 0.352 e. The van der Waals surface area contributed by atoms with Crippen molar-refractivity contribution in [1.82, 2.24) is 10.6 Å². The van der Waals surface area contributed by atoms with E-state index < -0.39 is 6.04 Å². The number of nitrogens with one attached hydrogen (secondary N) is 2. The summed E-state index contributed by atoms with van der Waals surface area (Å²) in [6.45, 7) is 3.96. The summed E-state index contributed by atoms with van der Waals surface area (Å²) in [7, 11) is 0. The van der Waals surface area contributed by atoms with E-state index in [-0.39, 0.29) is 17.9 Å². The smallest absolute Gasteiger partial charge is 0.251 e. The number of hydrogen-bond donors (Lipinski definition) is 2. The summed E-state index contributed by atoms with van der Waals surface area (Å²) in [5.74, 6) is 0.488. The van der Waals surface area contributed by atoms with E-state index in [1.807, 2.05) is 56.5 Å². The zero-order valence-electron chi connectivity index (χ0n) is 16.9. The summed E-state index contributed by atoms with van der Waals surface area (Å²) >= 11 is 1.67. The quantitative estimate of drug-likeness (QED) is 0.636. The molecule has 5 heteroatoms. The van der Waals surface area contributed by atoms with E-state index in [2.05, 4.69) is 22.8 Å². The molecule has 0 aromatic heterocycles. The van der Waals surface area contributed by atoms with Gasteiger partial charge in [0, 0.05) is 11.6 Å². The fourth-order valence-corrected chi connectivity index (χ4v) is 3.45. The molecular weight excluding hydrogens is 368 g/mol. The normalized spacial score (nSPS) is 12.8. The molecule has 0 aliphatic heterocycles. The van der Waals surface area contributed by atoms with E-state index in [0.717, 1.165) is 24.2 Å². The van der Waals surface area contributed by atoms with Crippen molar-refractivity contribution in [3.8, 4) is 0 Å². The van der Waals surface area contributed by atoms with Crippen LogP contribution in [0.15, 0.2) is 54.6 Å². The molecule has 0 spiro atoms. The highest BCUT2D eigenvalue weighted by molar-refractivity contribution is 7.98. The minimum absolute atomic E-state index is 0.0420. The Morgan fingerprint density at radius 2 is 1.75 bits per heavy atom. The maximum absolute atomic E-state index is 12.8. The van der Waals surface area contributed by atoms with Crippen LogP contribution >= 0.6 is 11.8 Å². The van der Waals surface area contributed by atoms with Crippen molar-refractivity contribution in [2.45, 2.75) is 45.2 Å². The lowest BCUT2D eigenvalue weighted by molar-refractivity contribution is -0.123. The number of carbonyl (C=O) groups excluding carboxylic acids is 2. The second-order valence-corrected chi connectivity index (χ2v) is 8.10. The van der Waals surface area contributed by atoms with Gasteiger partial charge in [-0.2, -0.15) is 11.8 Å². The Morgan fingerprint density at radius 3 is 2.43 bits per heavy atom. The zero-order valence-corrected chi connectivity index (χ0v) is 17.7. The van der Waals surface area contributed by atoms with Gasteiger partial charge in [-0.1, -0.05) is 48.0 Å². The second-order valence-electron chi connectivity index (χ2n) is 7.11. The van der Waals surface area contributed by atoms with Crippen LogP contribution in [0.5, 0.6) is 0 Å². The number of carbonyl (C=O) groups is 2. The standard InChI is InChI=1S/C23H30N2O2S/c1-17-8-7-11-20(16-17)22(26)25-21(14-15-28-3)23(27)24-18(2)12-13-19-9-5-4-6-10-19/h4-11,16,18,21H,12-15H2,1-3H3,(H,24,27)(H,25,26). The number of aryl methyl sites for hydroxylation is 2. The van der Waals surface area contributed by atoms with E-state index in [9.17, 15) is 9.59 Å². The van der Waals surface area contributed by atoms with Crippen LogP contribution in [-0.4, -0.2) is 35.9 Å². The predicted octanol–water partition coefficient (Wildman–Crippen LogP) is 3.98. The highest BCUT2D eigenvalue weighted by Gasteiger charge is 2.22. The molecule has 0 bridgehead atoms. The Hall–Kier alpha value is -2.27. The van der Waals surface area contributed by atoms with Crippen LogP contribution in [-0.2, 0) is 11.2 Å². The van der Waals surface area contributed by atoms with Crippen LogP contribution in [0.4, 0.5) is 0 Å². The molecule has 0 saturated heterocycles. The Bertz CT molecular complexity index is 764. The summed E-state index contributed by atoms with van der Waals surface area (Å²) in [6.07, 6.45) is 4.38. The van der Waals surface area contributed by atoms with Crippen LogP contribution < -0.4 is 10.6 Å². The van der Waals surface area contributed by atoms with Crippen molar-refractivity contribution in [1.29, 1.82) is 0 Å². The van der Waals surface area contributed by atoms with Crippen molar-refractivity contribution in [3.63, 3.8) is 0 Å². The topological polar surface area (TPSA) is 58.2 Å². The second kappa shape index (κ2) is 11.5. The van der Waals surface area contributed by atoms with Gasteiger partial charge in [0.25, 0.3) is 5.91 Å². The van der Waals surface area contributed by atoms with Gasteiger partial charge in [-0.3, -0.25) is 9.59 Å². The van der Waals surface area contributed by atoms with Gasteiger partial charge in [-0.25, -0.2) is 0 Å². The summed E-state index contributed by atoms with van der Waals surface area (Å²) in [5.41, 5.74) is 2.86. The van der Waals surface area contributed by atoms with Crippen molar-refractivity contribution < 1.29 is 9.59 Å². The molecular formula is C23H30N2O2S. The number of amides is 2. The third-order valence-electron chi connectivity index (χ3n) is 4.61. The molecule has 4 nitrogen and oxygen atoms in total. The summed E-state index contributed by atoms with van der Waals surface area (Å²) in [6, 6.07) is 17.2. The highest BCUT2D eigenvalue weighted by Crippen LogP contribution is 2.08. The summed E-state index contributed by atoms with van der Waals surface area (Å²) in [5, 5.41) is 5.97. The Labute approximate surface area is 172 Å². The lowest BCUT2D eigenvalue weighted by Crippen LogP contribution is -2.49. The SMILES string of the molecule is CSCCC(NC(=O)c1cccc(C)c1)C(=O)NC(C)CCc1ccccc1. The van der Waals surface area contributed by atoms with Gasteiger partial charge in [-0.05, 0) is 62.8 Å². The maximum atomic E-state index is 12.8. The van der Waals surface area contributed by atoms with Gasteiger partial charge < -0.3 is 10.6 Å². The van der Waals surface area contributed by atoms with E-state index in [1.54, 1.807) is 17.8 Å². The molecule has 2 aromatic carbocycles. The molecule has 0 heterocycles. The van der Waals surface area contributed by atoms with Gasteiger partial charge in [0.2, 0.25) is 5.91 Å². The zero-order chi connectivity index (χ0) is 20.4. The number of benzene rings is 2. The third kappa shape index (κ3) is 7.39. The highest BCUT2D eigenvalue weighted by atomic mass is 32.2. The van der Waals surface area contributed by atoms with Gasteiger partial charge in [0.15, 0.2) is 0 Å². The van der Waals surface area contributed by atoms with Gasteiger partial charge in [0.05, 0.1) is 0 Å². The molecule has 2 unspecified atom stereocenters. The van der Waals surface area contributed by atoms with Gasteiger partial charge in [0.1, 0.15) is 6.04 Å². The van der Waals surface area contributed by atoms with Crippen LogP contribution in [0.2, 0.25) is 0 Å². The van der Waals surface area contributed by atoms with Crippen molar-refractivity contribution in [3.05, 3.63) is 71.3 Å². The minimum Gasteiger partial charge on any atom is -0.352 e. The fourth-order valence-electron chi connectivity index (χ4n) is 2.98. The number of hydrogen-bond acceptors (Lipinski definition) is 3. The summed E-state index contributed by atoms with van der Waals surface area (Å²) < 4.78 is 0. The Kier molecular flexibility index (Phi) is 9.08. The molecule has 2 atom stereocenters. The average molecular weight is 399 g/mol. The summed E-state index contributed by atoms with van der Waals surface area (Å²) in [4.78, 5) is 25.3. The van der Waals surface area contributed by atoms with Crippen molar-refractivity contribution >= 4 is 23.6 Å². The molecule has 2 aromatic rings. The molecule has 0 radical (unpaired) electrons. The first kappa shape index (κ1) is 22.0. The Balaban J connectivity index is 1.92. The van der Waals surface area contributed by atoms with Crippen LogP contribution in [0.25, 0.3) is 0 Å². The van der Waals surface area contributed by atoms with E-state index in [4.69, 9.17) is 0 Å². The fraction of sp³-hybridized carbons (Fsp3) is 0.391. The van der Waals surface area contributed by atoms with Crippen LogP contribution in [0.1, 0.15) is 41.3 Å². The molecule has 2 rings (SSSR count). The van der Waals surface area contributed by atoms with Crippen molar-refractivity contribution in [2.24, 2.45) is 0 Å². The molecule has 150 valence electrons. The molecule has 0 aliphatic carbocycles. The predicted molar refractivity (Wildman–Crippen MR) is 118 cm³/mol. The molecule has 2 N–H and O–H groups in total. The van der Waals surface area contributed by atoms with Gasteiger partial charge >= 0.3 is 0 Å². The maximum Gasteiger partial charge on any atom is 0.251 e. The average Bonchev–Trinajstić information content (AvgIpc) is 2.70. The number of rotatable bonds is 10. The van der Waals surface area contributed by atoms with Crippen LogP contribution in [0, 0.1) is 6.92 Å². The minimum atomic E-state index is -0.528. The first-order valence-electron chi connectivity index (χ1n) is 9.70. The third-order valence-corrected chi connectivity index (χ3v) is 5.25. The first-order chi connectivity index (χ1) is 13.5. The van der Waals surface area contributed by atoms with E-state index >= 15 is 0 Å².